The van der Waals surface area contributed by atoms with Gasteiger partial charge in [-0.1, -0.05) is 6.92 Å². The highest BCUT2D eigenvalue weighted by molar-refractivity contribution is 5.91. The van der Waals surface area contributed by atoms with E-state index in [4.69, 9.17) is 9.47 Å². The average molecular weight is 275 g/mol. The fourth-order valence-corrected chi connectivity index (χ4v) is 1.50. The SMILES string of the molecule is CCCOc1ccc(C(=O)Oc2ccc(F)nc2)cc1. The molecule has 0 atom stereocenters. The lowest BCUT2D eigenvalue weighted by Crippen LogP contribution is -2.08. The molecule has 0 unspecified atom stereocenters. The van der Waals surface area contributed by atoms with Gasteiger partial charge in [0.2, 0.25) is 5.95 Å². The zero-order chi connectivity index (χ0) is 14.4. The minimum absolute atomic E-state index is 0.197. The molecule has 104 valence electrons. The van der Waals surface area contributed by atoms with Gasteiger partial charge in [0, 0.05) is 0 Å². The predicted octanol–water partition coefficient (Wildman–Crippen LogP) is 3.23. The van der Waals surface area contributed by atoms with Crippen LogP contribution in [0.3, 0.4) is 0 Å². The number of nitrogens with zero attached hydrogens (tertiary/aromatic N) is 1. The molecule has 0 saturated heterocycles. The number of esters is 1. The molecule has 1 heterocycles. The molecule has 2 aromatic rings. The number of pyridine rings is 1. The normalized spacial score (nSPS) is 10.1. The number of rotatable bonds is 5. The first kappa shape index (κ1) is 14.0. The molecule has 0 spiro atoms. The van der Waals surface area contributed by atoms with Crippen molar-refractivity contribution in [2.24, 2.45) is 0 Å². The number of hydrogen-bond acceptors (Lipinski definition) is 4. The highest BCUT2D eigenvalue weighted by Gasteiger charge is 2.09. The predicted molar refractivity (Wildman–Crippen MR) is 71.4 cm³/mol. The minimum atomic E-state index is -0.623. The Labute approximate surface area is 116 Å². The standard InChI is InChI=1S/C15H14FNO3/c1-2-9-19-12-5-3-11(4-6-12)15(18)20-13-7-8-14(16)17-10-13/h3-8,10H,2,9H2,1H3. The minimum Gasteiger partial charge on any atom is -0.494 e. The van der Waals surface area contributed by atoms with Gasteiger partial charge >= 0.3 is 5.97 Å². The second-order valence-corrected chi connectivity index (χ2v) is 4.08. The van der Waals surface area contributed by atoms with E-state index >= 15 is 0 Å². The van der Waals surface area contributed by atoms with Crippen LogP contribution in [0.2, 0.25) is 0 Å². The van der Waals surface area contributed by atoms with Crippen LogP contribution in [0.1, 0.15) is 23.7 Å². The maximum absolute atomic E-state index is 12.6. The molecular formula is C15H14FNO3. The van der Waals surface area contributed by atoms with E-state index in [-0.39, 0.29) is 5.75 Å². The maximum Gasteiger partial charge on any atom is 0.343 e. The average Bonchev–Trinajstić information content (AvgIpc) is 2.48. The molecule has 0 N–H and O–H groups in total. The summed E-state index contributed by atoms with van der Waals surface area (Å²) in [5.74, 6) is -0.253. The second-order valence-electron chi connectivity index (χ2n) is 4.08. The second kappa shape index (κ2) is 6.65. The maximum atomic E-state index is 12.6. The molecule has 0 aliphatic rings. The molecule has 0 fully saturated rings. The Morgan fingerprint density at radius 2 is 1.85 bits per heavy atom. The summed E-state index contributed by atoms with van der Waals surface area (Å²) in [6.07, 6.45) is 2.08. The van der Waals surface area contributed by atoms with Gasteiger partial charge in [-0.25, -0.2) is 9.78 Å². The molecule has 0 saturated carbocycles. The fourth-order valence-electron chi connectivity index (χ4n) is 1.50. The smallest absolute Gasteiger partial charge is 0.343 e. The topological polar surface area (TPSA) is 48.4 Å². The summed E-state index contributed by atoms with van der Waals surface area (Å²) in [5, 5.41) is 0. The molecular weight excluding hydrogens is 261 g/mol. The summed E-state index contributed by atoms with van der Waals surface area (Å²) in [7, 11) is 0. The number of ether oxygens (including phenoxy) is 2. The van der Waals surface area contributed by atoms with Crippen molar-refractivity contribution in [2.45, 2.75) is 13.3 Å². The Hall–Kier alpha value is -2.43. The number of benzene rings is 1. The van der Waals surface area contributed by atoms with Crippen molar-refractivity contribution in [1.82, 2.24) is 4.98 Å². The van der Waals surface area contributed by atoms with E-state index in [2.05, 4.69) is 4.98 Å². The third-order valence-corrected chi connectivity index (χ3v) is 2.47. The molecule has 1 aromatic heterocycles. The zero-order valence-electron chi connectivity index (χ0n) is 11.0. The molecule has 0 bridgehead atoms. The van der Waals surface area contributed by atoms with Gasteiger partial charge in [-0.15, -0.1) is 0 Å². The lowest BCUT2D eigenvalue weighted by molar-refractivity contribution is 0.0734. The third-order valence-electron chi connectivity index (χ3n) is 2.47. The molecule has 5 heteroatoms. The highest BCUT2D eigenvalue weighted by Crippen LogP contribution is 2.15. The number of aromatic nitrogens is 1. The van der Waals surface area contributed by atoms with Gasteiger partial charge in [0.25, 0.3) is 0 Å². The number of carbonyl (C=O) groups excluding carboxylic acids is 1. The summed E-state index contributed by atoms with van der Waals surface area (Å²) >= 11 is 0. The number of halogens is 1. The Morgan fingerprint density at radius 3 is 2.45 bits per heavy atom. The highest BCUT2D eigenvalue weighted by atomic mass is 19.1. The number of carbonyl (C=O) groups is 1. The van der Waals surface area contributed by atoms with Crippen LogP contribution < -0.4 is 9.47 Å². The van der Waals surface area contributed by atoms with E-state index in [1.54, 1.807) is 24.3 Å². The third kappa shape index (κ3) is 3.78. The van der Waals surface area contributed by atoms with E-state index in [1.165, 1.54) is 6.07 Å². The van der Waals surface area contributed by atoms with Crippen molar-refractivity contribution in [3.05, 3.63) is 54.1 Å². The van der Waals surface area contributed by atoms with Crippen molar-refractivity contribution < 1.29 is 18.7 Å². The monoisotopic (exact) mass is 275 g/mol. The largest absolute Gasteiger partial charge is 0.494 e. The van der Waals surface area contributed by atoms with Gasteiger partial charge < -0.3 is 9.47 Å². The van der Waals surface area contributed by atoms with Crippen molar-refractivity contribution in [1.29, 1.82) is 0 Å². The van der Waals surface area contributed by atoms with Gasteiger partial charge in [-0.2, -0.15) is 4.39 Å². The van der Waals surface area contributed by atoms with Crippen LogP contribution >= 0.6 is 0 Å². The molecule has 20 heavy (non-hydrogen) atoms. The lowest BCUT2D eigenvalue weighted by Gasteiger charge is -2.06. The summed E-state index contributed by atoms with van der Waals surface area (Å²) in [6, 6.07) is 9.11. The van der Waals surface area contributed by atoms with Gasteiger partial charge in [-0.3, -0.25) is 0 Å². The first-order chi connectivity index (χ1) is 9.69. The Kier molecular flexibility index (Phi) is 4.65. The molecule has 0 aliphatic heterocycles. The van der Waals surface area contributed by atoms with Crippen LogP contribution in [0.5, 0.6) is 11.5 Å². The Bertz CT molecular complexity index is 567. The van der Waals surface area contributed by atoms with Gasteiger partial charge in [-0.05, 0) is 42.8 Å². The quantitative estimate of drug-likeness (QED) is 0.621. The summed E-state index contributed by atoms with van der Waals surface area (Å²) in [4.78, 5) is 15.2. The van der Waals surface area contributed by atoms with Crippen molar-refractivity contribution in [3.8, 4) is 11.5 Å². The summed E-state index contributed by atoms with van der Waals surface area (Å²) in [6.45, 7) is 2.65. The van der Waals surface area contributed by atoms with E-state index in [0.29, 0.717) is 17.9 Å². The molecule has 0 aliphatic carbocycles. The Balaban J connectivity index is 2.00. The van der Waals surface area contributed by atoms with Crippen LogP contribution in [0.4, 0.5) is 4.39 Å². The van der Waals surface area contributed by atoms with Gasteiger partial charge in [0.15, 0.2) is 0 Å². The fraction of sp³-hybridized carbons (Fsp3) is 0.200. The van der Waals surface area contributed by atoms with Crippen LogP contribution in [-0.2, 0) is 0 Å². The molecule has 2 rings (SSSR count). The van der Waals surface area contributed by atoms with Crippen LogP contribution in [0, 0.1) is 5.95 Å². The van der Waals surface area contributed by atoms with E-state index in [1.807, 2.05) is 6.92 Å². The summed E-state index contributed by atoms with van der Waals surface area (Å²) < 4.78 is 23.1. The first-order valence-electron chi connectivity index (χ1n) is 6.25. The van der Waals surface area contributed by atoms with Crippen LogP contribution in [-0.4, -0.2) is 17.6 Å². The molecule has 1 aromatic carbocycles. The van der Waals surface area contributed by atoms with Crippen molar-refractivity contribution >= 4 is 5.97 Å². The van der Waals surface area contributed by atoms with Gasteiger partial charge in [0.05, 0.1) is 18.4 Å². The lowest BCUT2D eigenvalue weighted by atomic mass is 10.2. The summed E-state index contributed by atoms with van der Waals surface area (Å²) in [5.41, 5.74) is 0.387. The van der Waals surface area contributed by atoms with E-state index in [9.17, 15) is 9.18 Å². The molecule has 0 amide bonds. The molecule has 4 nitrogen and oxygen atoms in total. The first-order valence-corrected chi connectivity index (χ1v) is 6.25. The van der Waals surface area contributed by atoms with Crippen LogP contribution in [0.15, 0.2) is 42.6 Å². The molecule has 0 radical (unpaired) electrons. The van der Waals surface area contributed by atoms with Gasteiger partial charge in [0.1, 0.15) is 11.5 Å². The van der Waals surface area contributed by atoms with E-state index < -0.39 is 11.9 Å². The van der Waals surface area contributed by atoms with Crippen molar-refractivity contribution in [3.63, 3.8) is 0 Å². The Morgan fingerprint density at radius 1 is 1.15 bits per heavy atom. The van der Waals surface area contributed by atoms with Crippen molar-refractivity contribution in [2.75, 3.05) is 6.61 Å². The van der Waals surface area contributed by atoms with Crippen LogP contribution in [0.25, 0.3) is 0 Å². The number of hydrogen-bond donors (Lipinski definition) is 0. The zero-order valence-corrected chi connectivity index (χ0v) is 11.0. The van der Waals surface area contributed by atoms with E-state index in [0.717, 1.165) is 18.7 Å².